The van der Waals surface area contributed by atoms with Gasteiger partial charge in [0.2, 0.25) is 11.7 Å². The fraction of sp³-hybridized carbons (Fsp3) is 0.429. The number of nitrogens with zero attached hydrogens (tertiary/aromatic N) is 2. The molecule has 0 aliphatic carbocycles. The average Bonchev–Trinajstić information content (AvgIpc) is 2.92. The van der Waals surface area contributed by atoms with Crippen LogP contribution < -0.4 is 5.32 Å². The molecule has 2 unspecified atom stereocenters. The second kappa shape index (κ2) is 6.45. The molecule has 1 heterocycles. The highest BCUT2D eigenvalue weighted by Crippen LogP contribution is 2.27. The number of rotatable bonds is 5. The van der Waals surface area contributed by atoms with Gasteiger partial charge in [-0.15, -0.1) is 0 Å². The summed E-state index contributed by atoms with van der Waals surface area (Å²) in [4.78, 5) is 4.43. The van der Waals surface area contributed by atoms with Gasteiger partial charge in [-0.05, 0) is 54.5 Å². The van der Waals surface area contributed by atoms with Crippen LogP contribution in [-0.4, -0.2) is 23.2 Å². The minimum Gasteiger partial charge on any atom is -0.339 e. The first-order valence-corrected chi connectivity index (χ1v) is 7.32. The Morgan fingerprint density at radius 2 is 2.20 bits per heavy atom. The summed E-state index contributed by atoms with van der Waals surface area (Å²) in [5.41, 5.74) is 0.722. The summed E-state index contributed by atoms with van der Waals surface area (Å²) < 4.78 is 19.0. The Morgan fingerprint density at radius 3 is 2.80 bits per heavy atom. The molecule has 0 radical (unpaired) electrons. The molecule has 4 nitrogen and oxygen atoms in total. The lowest BCUT2D eigenvalue weighted by Gasteiger charge is -2.17. The van der Waals surface area contributed by atoms with Gasteiger partial charge in [-0.2, -0.15) is 4.98 Å². The maximum Gasteiger partial charge on any atom is 0.231 e. The lowest BCUT2D eigenvalue weighted by atomic mass is 9.98. The van der Waals surface area contributed by atoms with Crippen LogP contribution in [0.25, 0.3) is 11.4 Å². The molecule has 1 N–H and O–H groups in total. The Morgan fingerprint density at radius 1 is 1.45 bits per heavy atom. The van der Waals surface area contributed by atoms with Crippen LogP contribution in [0.2, 0.25) is 0 Å². The summed E-state index contributed by atoms with van der Waals surface area (Å²) in [5, 5.41) is 7.18. The third kappa shape index (κ3) is 3.07. The Hall–Kier alpha value is -1.27. The SMILES string of the molecule is CCC(c1nc(-c2ccc(F)c(Br)c2)no1)C(C)NC. The van der Waals surface area contributed by atoms with Crippen LogP contribution in [0.3, 0.4) is 0 Å². The van der Waals surface area contributed by atoms with E-state index in [0.717, 1.165) is 12.0 Å². The van der Waals surface area contributed by atoms with Crippen molar-refractivity contribution < 1.29 is 8.91 Å². The molecular weight excluding hydrogens is 325 g/mol. The van der Waals surface area contributed by atoms with Gasteiger partial charge in [0.25, 0.3) is 0 Å². The lowest BCUT2D eigenvalue weighted by Crippen LogP contribution is -2.28. The third-order valence-electron chi connectivity index (χ3n) is 3.44. The Kier molecular flexibility index (Phi) is 4.88. The van der Waals surface area contributed by atoms with E-state index in [0.29, 0.717) is 16.2 Å². The van der Waals surface area contributed by atoms with Gasteiger partial charge in [0.15, 0.2) is 0 Å². The summed E-state index contributed by atoms with van der Waals surface area (Å²) in [6.45, 7) is 4.16. The predicted octanol–water partition coefficient (Wildman–Crippen LogP) is 3.74. The molecule has 2 aromatic rings. The summed E-state index contributed by atoms with van der Waals surface area (Å²) in [5.74, 6) is 0.921. The van der Waals surface area contributed by atoms with Crippen molar-refractivity contribution in [3.05, 3.63) is 34.4 Å². The van der Waals surface area contributed by atoms with Gasteiger partial charge in [-0.1, -0.05) is 12.1 Å². The molecule has 0 amide bonds. The van der Waals surface area contributed by atoms with E-state index in [4.69, 9.17) is 4.52 Å². The molecule has 2 atom stereocenters. The molecule has 2 rings (SSSR count). The van der Waals surface area contributed by atoms with Crippen LogP contribution in [0.15, 0.2) is 27.2 Å². The number of nitrogens with one attached hydrogen (secondary N) is 1. The molecule has 20 heavy (non-hydrogen) atoms. The van der Waals surface area contributed by atoms with Crippen LogP contribution >= 0.6 is 15.9 Å². The second-order valence-corrected chi connectivity index (χ2v) is 5.53. The molecule has 6 heteroatoms. The number of hydrogen-bond donors (Lipinski definition) is 1. The maximum absolute atomic E-state index is 13.2. The van der Waals surface area contributed by atoms with Crippen molar-refractivity contribution in [2.24, 2.45) is 0 Å². The van der Waals surface area contributed by atoms with Gasteiger partial charge in [-0.25, -0.2) is 4.39 Å². The van der Waals surface area contributed by atoms with E-state index in [1.807, 2.05) is 7.05 Å². The van der Waals surface area contributed by atoms with Gasteiger partial charge in [0.1, 0.15) is 5.82 Å². The van der Waals surface area contributed by atoms with Crippen LogP contribution in [0.5, 0.6) is 0 Å². The van der Waals surface area contributed by atoms with Crippen LogP contribution in [0.1, 0.15) is 32.1 Å². The van der Waals surface area contributed by atoms with E-state index in [1.165, 1.54) is 6.07 Å². The highest BCUT2D eigenvalue weighted by atomic mass is 79.9. The first-order valence-electron chi connectivity index (χ1n) is 6.53. The minimum absolute atomic E-state index is 0.158. The molecule has 108 valence electrons. The standard InChI is InChI=1S/C14H17BrFN3O/c1-4-10(8(2)17-3)14-18-13(19-20-14)9-5-6-12(16)11(15)7-9/h5-8,10,17H,4H2,1-3H3. The predicted molar refractivity (Wildman–Crippen MR) is 78.9 cm³/mol. The topological polar surface area (TPSA) is 51.0 Å². The Bertz CT molecular complexity index is 588. The Labute approximate surface area is 125 Å². The van der Waals surface area contributed by atoms with Crippen molar-refractivity contribution in [3.63, 3.8) is 0 Å². The average molecular weight is 342 g/mol. The molecule has 0 aliphatic heterocycles. The van der Waals surface area contributed by atoms with E-state index >= 15 is 0 Å². The first kappa shape index (κ1) is 15.1. The van der Waals surface area contributed by atoms with E-state index in [-0.39, 0.29) is 17.8 Å². The van der Waals surface area contributed by atoms with Crippen molar-refractivity contribution in [3.8, 4) is 11.4 Å². The molecule has 0 saturated carbocycles. The highest BCUT2D eigenvalue weighted by Gasteiger charge is 2.23. The third-order valence-corrected chi connectivity index (χ3v) is 4.04. The van der Waals surface area contributed by atoms with E-state index in [2.05, 4.69) is 45.2 Å². The number of benzene rings is 1. The molecule has 0 saturated heterocycles. The lowest BCUT2D eigenvalue weighted by molar-refractivity contribution is 0.322. The smallest absolute Gasteiger partial charge is 0.231 e. The monoisotopic (exact) mass is 341 g/mol. The van der Waals surface area contributed by atoms with Gasteiger partial charge in [0, 0.05) is 11.6 Å². The first-order chi connectivity index (χ1) is 9.56. The second-order valence-electron chi connectivity index (χ2n) is 4.68. The van der Waals surface area contributed by atoms with Crippen molar-refractivity contribution >= 4 is 15.9 Å². The van der Waals surface area contributed by atoms with Gasteiger partial charge < -0.3 is 9.84 Å². The normalized spacial score (nSPS) is 14.2. The largest absolute Gasteiger partial charge is 0.339 e. The molecule has 1 aromatic heterocycles. The van der Waals surface area contributed by atoms with E-state index < -0.39 is 0 Å². The fourth-order valence-electron chi connectivity index (χ4n) is 2.08. The number of likely N-dealkylation sites (N-methyl/N-ethyl adjacent to an activating group) is 1. The number of aromatic nitrogens is 2. The van der Waals surface area contributed by atoms with Crippen molar-refractivity contribution in [1.29, 1.82) is 0 Å². The van der Waals surface area contributed by atoms with Crippen molar-refractivity contribution in [1.82, 2.24) is 15.5 Å². The zero-order valence-corrected chi connectivity index (χ0v) is 13.2. The summed E-state index contributed by atoms with van der Waals surface area (Å²) in [6, 6.07) is 4.90. The summed E-state index contributed by atoms with van der Waals surface area (Å²) >= 11 is 3.16. The Balaban J connectivity index is 2.30. The van der Waals surface area contributed by atoms with Crippen LogP contribution in [0.4, 0.5) is 4.39 Å². The molecule has 0 fully saturated rings. The number of hydrogen-bond acceptors (Lipinski definition) is 4. The molecular formula is C14H17BrFN3O. The number of halogens is 2. The highest BCUT2D eigenvalue weighted by molar-refractivity contribution is 9.10. The van der Waals surface area contributed by atoms with Gasteiger partial charge in [-0.3, -0.25) is 0 Å². The van der Waals surface area contributed by atoms with Crippen molar-refractivity contribution in [2.45, 2.75) is 32.2 Å². The summed E-state index contributed by atoms with van der Waals surface area (Å²) in [7, 11) is 1.90. The fourth-order valence-corrected chi connectivity index (χ4v) is 2.46. The van der Waals surface area contributed by atoms with Crippen LogP contribution in [-0.2, 0) is 0 Å². The van der Waals surface area contributed by atoms with E-state index in [9.17, 15) is 4.39 Å². The summed E-state index contributed by atoms with van der Waals surface area (Å²) in [6.07, 6.45) is 0.900. The van der Waals surface area contributed by atoms with Gasteiger partial charge >= 0.3 is 0 Å². The van der Waals surface area contributed by atoms with Gasteiger partial charge in [0.05, 0.1) is 10.4 Å². The van der Waals surface area contributed by atoms with E-state index in [1.54, 1.807) is 12.1 Å². The minimum atomic E-state index is -0.312. The molecule has 1 aromatic carbocycles. The quantitative estimate of drug-likeness (QED) is 0.899. The zero-order chi connectivity index (χ0) is 14.7. The van der Waals surface area contributed by atoms with Crippen LogP contribution in [0, 0.1) is 5.82 Å². The maximum atomic E-state index is 13.2. The molecule has 0 spiro atoms. The van der Waals surface area contributed by atoms with Crippen molar-refractivity contribution in [2.75, 3.05) is 7.05 Å². The molecule has 0 bridgehead atoms. The zero-order valence-electron chi connectivity index (χ0n) is 11.7. The molecule has 0 aliphatic rings.